The van der Waals surface area contributed by atoms with Gasteiger partial charge in [0.2, 0.25) is 12.2 Å². The highest BCUT2D eigenvalue weighted by Crippen LogP contribution is 2.13. The highest BCUT2D eigenvalue weighted by Gasteiger charge is 2.08. The van der Waals surface area contributed by atoms with Crippen molar-refractivity contribution in [3.05, 3.63) is 34.9 Å². The smallest absolute Gasteiger partial charge is 0.208 e. The van der Waals surface area contributed by atoms with Crippen molar-refractivity contribution in [2.75, 3.05) is 0 Å². The van der Waals surface area contributed by atoms with E-state index in [0.717, 1.165) is 35.1 Å². The molecule has 5 heteroatoms. The van der Waals surface area contributed by atoms with Crippen LogP contribution in [0.3, 0.4) is 0 Å². The zero-order chi connectivity index (χ0) is 9.10. The molecule has 0 spiro atoms. The van der Waals surface area contributed by atoms with Crippen LogP contribution in [0.15, 0.2) is 29.4 Å². The SMILES string of the molecule is Clc1ccc(CC2=NOSN2)cc1. The van der Waals surface area contributed by atoms with Crippen LogP contribution in [-0.4, -0.2) is 5.84 Å². The molecular weight excluding hydrogens is 208 g/mol. The Kier molecular flexibility index (Phi) is 2.61. The van der Waals surface area contributed by atoms with E-state index >= 15 is 0 Å². The summed E-state index contributed by atoms with van der Waals surface area (Å²) in [5.74, 6) is 0.826. The number of nitrogens with zero attached hydrogens (tertiary/aromatic N) is 1. The van der Waals surface area contributed by atoms with Crippen molar-refractivity contribution in [3.8, 4) is 0 Å². The molecule has 68 valence electrons. The molecule has 0 radical (unpaired) electrons. The predicted octanol–water partition coefficient (Wildman–Crippen LogP) is 2.38. The molecule has 0 amide bonds. The number of oxime groups is 1. The third-order valence-electron chi connectivity index (χ3n) is 1.63. The van der Waals surface area contributed by atoms with Crippen molar-refractivity contribution in [2.24, 2.45) is 5.16 Å². The lowest BCUT2D eigenvalue weighted by atomic mass is 10.1. The van der Waals surface area contributed by atoms with Gasteiger partial charge in [0.15, 0.2) is 5.84 Å². The van der Waals surface area contributed by atoms with Crippen molar-refractivity contribution in [1.82, 2.24) is 4.72 Å². The third-order valence-corrected chi connectivity index (χ3v) is 2.35. The number of hydrogen-bond donors (Lipinski definition) is 1. The van der Waals surface area contributed by atoms with Crippen LogP contribution in [0, 0.1) is 0 Å². The summed E-state index contributed by atoms with van der Waals surface area (Å²) in [4.78, 5) is 0. The Balaban J connectivity index is 2.05. The first-order valence-corrected chi connectivity index (χ1v) is 4.86. The topological polar surface area (TPSA) is 33.6 Å². The summed E-state index contributed by atoms with van der Waals surface area (Å²) >= 11 is 6.88. The molecular formula is C8H7ClN2OS. The third kappa shape index (κ3) is 2.29. The number of amidine groups is 1. The Morgan fingerprint density at radius 2 is 2.15 bits per heavy atom. The maximum absolute atomic E-state index is 5.75. The number of rotatable bonds is 2. The minimum Gasteiger partial charge on any atom is -0.297 e. The molecule has 1 aliphatic rings. The molecule has 1 aromatic carbocycles. The minimum atomic E-state index is 0.740. The van der Waals surface area contributed by atoms with Gasteiger partial charge in [0.25, 0.3) is 0 Å². The monoisotopic (exact) mass is 214 g/mol. The van der Waals surface area contributed by atoms with Gasteiger partial charge in [-0.05, 0) is 17.7 Å². The summed E-state index contributed by atoms with van der Waals surface area (Å²) < 4.78 is 7.65. The zero-order valence-electron chi connectivity index (χ0n) is 6.66. The summed E-state index contributed by atoms with van der Waals surface area (Å²) in [6, 6.07) is 7.66. The lowest BCUT2D eigenvalue weighted by Crippen LogP contribution is -2.13. The maximum atomic E-state index is 5.75. The van der Waals surface area contributed by atoms with Crippen LogP contribution in [0.5, 0.6) is 0 Å². The minimum absolute atomic E-state index is 0.740. The number of nitrogens with one attached hydrogen (secondary N) is 1. The second-order valence-corrected chi connectivity index (χ2v) is 3.56. The molecule has 1 aromatic rings. The fraction of sp³-hybridized carbons (Fsp3) is 0.125. The lowest BCUT2D eigenvalue weighted by molar-refractivity contribution is 0.415. The number of hydrogen-bond acceptors (Lipinski definition) is 4. The van der Waals surface area contributed by atoms with Gasteiger partial charge in [-0.15, -0.1) is 0 Å². The molecule has 3 nitrogen and oxygen atoms in total. The van der Waals surface area contributed by atoms with E-state index in [4.69, 9.17) is 15.9 Å². The quantitative estimate of drug-likeness (QED) is 0.606. The summed E-state index contributed by atoms with van der Waals surface area (Å²) in [6.45, 7) is 0. The van der Waals surface area contributed by atoms with Gasteiger partial charge in [-0.3, -0.25) is 9.01 Å². The molecule has 13 heavy (non-hydrogen) atoms. The van der Waals surface area contributed by atoms with Gasteiger partial charge in [0, 0.05) is 11.4 Å². The van der Waals surface area contributed by atoms with Crippen LogP contribution in [-0.2, 0) is 10.7 Å². The second kappa shape index (κ2) is 3.89. The Hall–Kier alpha value is -0.870. The largest absolute Gasteiger partial charge is 0.297 e. The summed E-state index contributed by atoms with van der Waals surface area (Å²) in [5.41, 5.74) is 1.15. The van der Waals surface area contributed by atoms with Crippen LogP contribution in [0.25, 0.3) is 0 Å². The fourth-order valence-electron chi connectivity index (χ4n) is 1.01. The van der Waals surface area contributed by atoms with E-state index in [1.54, 1.807) is 0 Å². The average molecular weight is 215 g/mol. The summed E-state index contributed by atoms with van der Waals surface area (Å²) in [6.07, 6.45) is 0.740. The zero-order valence-corrected chi connectivity index (χ0v) is 8.23. The Bertz CT molecular complexity index is 325. The molecule has 0 unspecified atom stereocenters. The Labute approximate surface area is 85.4 Å². The first-order chi connectivity index (χ1) is 6.34. The molecule has 1 N–H and O–H groups in total. The molecule has 0 fully saturated rings. The van der Waals surface area contributed by atoms with E-state index in [1.807, 2.05) is 24.3 Å². The molecule has 0 saturated heterocycles. The molecule has 2 rings (SSSR count). The van der Waals surface area contributed by atoms with Crippen molar-refractivity contribution in [3.63, 3.8) is 0 Å². The van der Waals surface area contributed by atoms with Crippen molar-refractivity contribution in [2.45, 2.75) is 6.42 Å². The predicted molar refractivity (Wildman–Crippen MR) is 54.4 cm³/mol. The standard InChI is InChI=1S/C8H7ClN2OS/c9-7-3-1-6(2-4-7)5-8-10-12-13-11-8/h1-4H,5H2,(H,10,11). The van der Waals surface area contributed by atoms with Gasteiger partial charge in [-0.25, -0.2) is 0 Å². The Morgan fingerprint density at radius 1 is 1.38 bits per heavy atom. The first kappa shape index (κ1) is 8.72. The highest BCUT2D eigenvalue weighted by molar-refractivity contribution is 7.93. The average Bonchev–Trinajstić information content (AvgIpc) is 2.62. The maximum Gasteiger partial charge on any atom is 0.208 e. The van der Waals surface area contributed by atoms with Gasteiger partial charge >= 0.3 is 0 Å². The van der Waals surface area contributed by atoms with E-state index in [2.05, 4.69) is 9.88 Å². The lowest BCUT2D eigenvalue weighted by Gasteiger charge is -1.98. The van der Waals surface area contributed by atoms with E-state index < -0.39 is 0 Å². The van der Waals surface area contributed by atoms with Crippen LogP contribution in [0.2, 0.25) is 5.02 Å². The normalized spacial score (nSPS) is 14.7. The van der Waals surface area contributed by atoms with Crippen LogP contribution in [0.4, 0.5) is 0 Å². The summed E-state index contributed by atoms with van der Waals surface area (Å²) in [5, 5.41) is 4.53. The molecule has 0 aromatic heterocycles. The van der Waals surface area contributed by atoms with E-state index in [0.29, 0.717) is 0 Å². The van der Waals surface area contributed by atoms with E-state index in [9.17, 15) is 0 Å². The van der Waals surface area contributed by atoms with Crippen molar-refractivity contribution in [1.29, 1.82) is 0 Å². The molecule has 1 aliphatic heterocycles. The number of benzene rings is 1. The first-order valence-electron chi connectivity index (χ1n) is 3.74. The van der Waals surface area contributed by atoms with Crippen molar-refractivity contribution < 1.29 is 4.28 Å². The fourth-order valence-corrected chi connectivity index (χ4v) is 1.51. The molecule has 0 atom stereocenters. The molecule has 1 heterocycles. The van der Waals surface area contributed by atoms with Crippen LogP contribution < -0.4 is 4.72 Å². The van der Waals surface area contributed by atoms with Gasteiger partial charge in [0.05, 0.1) is 0 Å². The van der Waals surface area contributed by atoms with Crippen molar-refractivity contribution >= 4 is 29.7 Å². The summed E-state index contributed by atoms with van der Waals surface area (Å²) in [7, 11) is 0. The molecule has 0 bridgehead atoms. The van der Waals surface area contributed by atoms with Gasteiger partial charge in [-0.1, -0.05) is 28.9 Å². The highest BCUT2D eigenvalue weighted by atomic mass is 35.5. The van der Waals surface area contributed by atoms with Gasteiger partial charge in [0.1, 0.15) is 0 Å². The van der Waals surface area contributed by atoms with Gasteiger partial charge < -0.3 is 0 Å². The molecule has 0 saturated carbocycles. The van der Waals surface area contributed by atoms with Crippen LogP contribution in [0.1, 0.15) is 5.56 Å². The van der Waals surface area contributed by atoms with Gasteiger partial charge in [-0.2, -0.15) is 0 Å². The van der Waals surface area contributed by atoms with E-state index in [-0.39, 0.29) is 0 Å². The second-order valence-electron chi connectivity index (χ2n) is 2.60. The van der Waals surface area contributed by atoms with Crippen LogP contribution >= 0.6 is 23.8 Å². The molecule has 0 aliphatic carbocycles. The van der Waals surface area contributed by atoms with E-state index in [1.165, 1.54) is 0 Å². The number of halogens is 1. The Morgan fingerprint density at radius 3 is 2.77 bits per heavy atom.